The van der Waals surface area contributed by atoms with Gasteiger partial charge in [0.1, 0.15) is 4.88 Å². The van der Waals surface area contributed by atoms with Crippen molar-refractivity contribution < 1.29 is 19.1 Å². The van der Waals surface area contributed by atoms with Crippen LogP contribution in [0.2, 0.25) is 0 Å². The molecule has 5 rings (SSSR count). The average molecular weight is 552 g/mol. The Morgan fingerprint density at radius 2 is 1.95 bits per heavy atom. The summed E-state index contributed by atoms with van der Waals surface area (Å²) in [5.41, 5.74) is 3.30. The van der Waals surface area contributed by atoms with Crippen molar-refractivity contribution in [3.63, 3.8) is 0 Å². The maximum absolute atomic E-state index is 13.3. The van der Waals surface area contributed by atoms with Gasteiger partial charge in [0.25, 0.3) is 5.91 Å². The van der Waals surface area contributed by atoms with Crippen LogP contribution in [0.25, 0.3) is 0 Å². The van der Waals surface area contributed by atoms with Gasteiger partial charge in [0.15, 0.2) is 0 Å². The highest BCUT2D eigenvalue weighted by Crippen LogP contribution is 2.28. The highest BCUT2D eigenvalue weighted by Gasteiger charge is 2.49. The summed E-state index contributed by atoms with van der Waals surface area (Å²) in [5.74, 6) is -0.824. The monoisotopic (exact) mass is 551 g/mol. The number of likely N-dealkylation sites (N-methyl/N-ethyl adjacent to an activating group) is 1. The van der Waals surface area contributed by atoms with E-state index < -0.39 is 12.1 Å². The fourth-order valence-electron chi connectivity index (χ4n) is 5.74. The van der Waals surface area contributed by atoms with Crippen LogP contribution in [-0.4, -0.2) is 86.4 Å². The summed E-state index contributed by atoms with van der Waals surface area (Å²) in [7, 11) is 3.67. The molecule has 2 fully saturated rings. The minimum atomic E-state index is -0.514. The van der Waals surface area contributed by atoms with E-state index >= 15 is 0 Å². The quantitative estimate of drug-likeness (QED) is 0.245. The van der Waals surface area contributed by atoms with E-state index in [0.29, 0.717) is 24.6 Å². The molecule has 4 N–H and O–H groups in total. The van der Waals surface area contributed by atoms with Crippen LogP contribution < -0.4 is 21.3 Å². The second-order valence-electron chi connectivity index (χ2n) is 10.5. The number of anilines is 1. The summed E-state index contributed by atoms with van der Waals surface area (Å²) in [4.78, 5) is 40.4. The van der Waals surface area contributed by atoms with Gasteiger partial charge < -0.3 is 30.9 Å². The van der Waals surface area contributed by atoms with Crippen molar-refractivity contribution in [3.8, 4) is 0 Å². The van der Waals surface area contributed by atoms with Crippen molar-refractivity contribution in [2.45, 2.75) is 55.9 Å². The largest absolute Gasteiger partial charge is 0.383 e. The average Bonchev–Trinajstić information content (AvgIpc) is 3.43. The number of amides is 1. The van der Waals surface area contributed by atoms with Gasteiger partial charge in [-0.05, 0) is 60.6 Å². The maximum Gasteiger partial charge on any atom is 0.263 e. The van der Waals surface area contributed by atoms with E-state index in [9.17, 15) is 14.4 Å². The van der Waals surface area contributed by atoms with Crippen LogP contribution in [0.1, 0.15) is 35.4 Å². The zero-order valence-corrected chi connectivity index (χ0v) is 23.3. The molecule has 0 radical (unpaired) electrons. The topological polar surface area (TPSA) is 112 Å². The molecule has 5 atom stereocenters. The van der Waals surface area contributed by atoms with Gasteiger partial charge in [0.2, 0.25) is 11.6 Å². The fraction of sp³-hybridized carbons (Fsp3) is 0.483. The molecular formula is C29H37N5O4S. The number of rotatable bonds is 11. The Hall–Kier alpha value is -3.05. The summed E-state index contributed by atoms with van der Waals surface area (Å²) >= 11 is 1.43. The summed E-state index contributed by atoms with van der Waals surface area (Å²) in [6.45, 7) is 1.62. The molecule has 0 bridgehead atoms. The summed E-state index contributed by atoms with van der Waals surface area (Å²) in [6, 6.07) is 1.24. The number of hydrogen-bond donors (Lipinski definition) is 4. The number of thiophene rings is 1. The summed E-state index contributed by atoms with van der Waals surface area (Å²) < 4.78 is 5.03. The lowest BCUT2D eigenvalue weighted by molar-refractivity contribution is -0.147. The Balaban J connectivity index is 1.15. The third kappa shape index (κ3) is 6.09. The van der Waals surface area contributed by atoms with Gasteiger partial charge in [0, 0.05) is 39.3 Å². The van der Waals surface area contributed by atoms with Crippen molar-refractivity contribution in [2.24, 2.45) is 0 Å². The van der Waals surface area contributed by atoms with Gasteiger partial charge in [-0.25, -0.2) is 0 Å². The third-order valence-corrected chi connectivity index (χ3v) is 8.81. The number of hydrogen-bond acceptors (Lipinski definition) is 9. The van der Waals surface area contributed by atoms with Gasteiger partial charge in [-0.3, -0.25) is 14.4 Å². The van der Waals surface area contributed by atoms with Crippen LogP contribution in [0, 0.1) is 0 Å². The molecule has 10 heteroatoms. The molecule has 1 aromatic rings. The maximum atomic E-state index is 13.3. The highest BCUT2D eigenvalue weighted by molar-refractivity contribution is 7.12. The van der Waals surface area contributed by atoms with Gasteiger partial charge in [-0.1, -0.05) is 24.3 Å². The number of carbonyl (C=O) groups excluding carboxylic acids is 3. The molecule has 3 aliphatic carbocycles. The van der Waals surface area contributed by atoms with Gasteiger partial charge in [0.05, 0.1) is 30.4 Å². The number of nitrogens with zero attached hydrogens (tertiary/aromatic N) is 1. The predicted molar refractivity (Wildman–Crippen MR) is 153 cm³/mol. The number of ether oxygens (including phenoxy) is 1. The fourth-order valence-corrected chi connectivity index (χ4v) is 6.52. The standard InChI is InChI=1S/C29H37N5O4S/c1-34-13-10-18(21-8-3-4-9-23(21)34)17-31-22-11-15-39-28(22)29(37)33-20-7-5-6-19(16-20)32-25-24(26(35)27(25)36)30-12-14-38-2/h3-4,8-11,13,15,19-20,23-25,30-32H,5-7,12,14,16-17H2,1-2H3,(H,33,37). The molecule has 0 saturated heterocycles. The number of carbonyl (C=O) groups is 3. The second-order valence-corrected chi connectivity index (χ2v) is 11.4. The summed E-state index contributed by atoms with van der Waals surface area (Å²) in [5, 5.41) is 15.1. The lowest BCUT2D eigenvalue weighted by Gasteiger charge is -2.39. The van der Waals surface area contributed by atoms with Gasteiger partial charge in [-0.15, -0.1) is 11.3 Å². The molecule has 2 heterocycles. The lowest BCUT2D eigenvalue weighted by atomic mass is 9.81. The van der Waals surface area contributed by atoms with Crippen LogP contribution in [0.3, 0.4) is 0 Å². The molecule has 5 unspecified atom stereocenters. The zero-order valence-electron chi connectivity index (χ0n) is 22.4. The second kappa shape index (κ2) is 12.4. The number of allylic oxidation sites excluding steroid dienone is 2. The number of fused-ring (bicyclic) bond motifs is 1. The molecule has 4 aliphatic rings. The predicted octanol–water partition coefficient (Wildman–Crippen LogP) is 2.17. The first-order chi connectivity index (χ1) is 19.0. The number of Topliss-reactive ketones (excluding diaryl/α,β-unsaturated/α-hetero) is 2. The van der Waals surface area contributed by atoms with E-state index in [2.05, 4.69) is 69.8 Å². The molecule has 1 aliphatic heterocycles. The molecule has 208 valence electrons. The molecule has 0 aromatic carbocycles. The zero-order chi connectivity index (χ0) is 27.4. The molecular weight excluding hydrogens is 514 g/mol. The Labute approximate surface area is 233 Å². The van der Waals surface area contributed by atoms with E-state index in [-0.39, 0.29) is 35.6 Å². The molecule has 1 aromatic heterocycles. The molecule has 39 heavy (non-hydrogen) atoms. The molecule has 2 saturated carbocycles. The van der Waals surface area contributed by atoms with Crippen molar-refractivity contribution in [1.29, 1.82) is 0 Å². The van der Waals surface area contributed by atoms with Gasteiger partial charge in [-0.2, -0.15) is 0 Å². The van der Waals surface area contributed by atoms with Crippen LogP contribution in [-0.2, 0) is 14.3 Å². The highest BCUT2D eigenvalue weighted by atomic mass is 32.1. The Morgan fingerprint density at radius 1 is 1.13 bits per heavy atom. The Morgan fingerprint density at radius 3 is 2.79 bits per heavy atom. The van der Waals surface area contributed by atoms with Crippen LogP contribution >= 0.6 is 11.3 Å². The third-order valence-electron chi connectivity index (χ3n) is 7.90. The number of nitrogens with one attached hydrogen (secondary N) is 4. The van der Waals surface area contributed by atoms with E-state index in [4.69, 9.17) is 4.74 Å². The minimum absolute atomic E-state index is 0.00569. The first kappa shape index (κ1) is 27.5. The van der Waals surface area contributed by atoms with E-state index in [1.807, 2.05) is 11.4 Å². The van der Waals surface area contributed by atoms with E-state index in [1.165, 1.54) is 22.5 Å². The summed E-state index contributed by atoms with van der Waals surface area (Å²) in [6.07, 6.45) is 16.2. The molecule has 0 spiro atoms. The SMILES string of the molecule is COCCNC1C(=O)C(=O)C1NC1CCCC(NC(=O)c2sccc2NCC2=C3C=CC=CC3N(C)C=C2)C1. The first-order valence-electron chi connectivity index (χ1n) is 13.6. The first-order valence-corrected chi connectivity index (χ1v) is 14.5. The molecule has 9 nitrogen and oxygen atoms in total. The van der Waals surface area contributed by atoms with Crippen LogP contribution in [0.5, 0.6) is 0 Å². The van der Waals surface area contributed by atoms with Crippen molar-refractivity contribution in [3.05, 3.63) is 64.0 Å². The minimum Gasteiger partial charge on any atom is -0.383 e. The Bertz CT molecular complexity index is 1220. The van der Waals surface area contributed by atoms with E-state index in [0.717, 1.165) is 31.4 Å². The van der Waals surface area contributed by atoms with Crippen LogP contribution in [0.4, 0.5) is 5.69 Å². The smallest absolute Gasteiger partial charge is 0.263 e. The number of ketones is 2. The van der Waals surface area contributed by atoms with E-state index in [1.54, 1.807) is 7.11 Å². The Kier molecular flexibility index (Phi) is 8.76. The van der Waals surface area contributed by atoms with Crippen molar-refractivity contribution in [1.82, 2.24) is 20.9 Å². The van der Waals surface area contributed by atoms with Gasteiger partial charge >= 0.3 is 0 Å². The number of methoxy groups -OCH3 is 1. The normalized spacial score (nSPS) is 27.9. The lowest BCUT2D eigenvalue weighted by Crippen LogP contribution is -2.71. The van der Waals surface area contributed by atoms with Crippen molar-refractivity contribution in [2.75, 3.05) is 39.2 Å². The molecule has 1 amide bonds. The van der Waals surface area contributed by atoms with Crippen molar-refractivity contribution >= 4 is 34.5 Å². The van der Waals surface area contributed by atoms with Crippen LogP contribution in [0.15, 0.2) is 59.2 Å².